The summed E-state index contributed by atoms with van der Waals surface area (Å²) in [6, 6.07) is 13.6. The molecule has 1 atom stereocenters. The fourth-order valence-electron chi connectivity index (χ4n) is 3.61. The third-order valence-electron chi connectivity index (χ3n) is 4.93. The summed E-state index contributed by atoms with van der Waals surface area (Å²) in [6.45, 7) is 0.901. The van der Waals surface area contributed by atoms with Gasteiger partial charge < -0.3 is 10.1 Å². The Bertz CT molecular complexity index is 665. The summed E-state index contributed by atoms with van der Waals surface area (Å²) in [4.78, 5) is 0. The molecule has 1 aliphatic carbocycles. The van der Waals surface area contributed by atoms with E-state index in [1.165, 1.54) is 35.7 Å². The Morgan fingerprint density at radius 1 is 1.10 bits per heavy atom. The lowest BCUT2D eigenvalue weighted by molar-refractivity contribution is -0.130. The smallest absolute Gasteiger partial charge is 0.0702 e. The minimum absolute atomic E-state index is 0.206. The summed E-state index contributed by atoms with van der Waals surface area (Å²) < 4.78 is 7.14. The molecule has 1 heterocycles. The number of fused-ring (bicyclic) bond motifs is 1. The van der Waals surface area contributed by atoms with Gasteiger partial charge in [-0.25, -0.2) is 0 Å². The summed E-state index contributed by atoms with van der Waals surface area (Å²) in [5.41, 5.74) is 1.43. The van der Waals surface area contributed by atoms with Gasteiger partial charge in [0.05, 0.1) is 5.60 Å². The maximum atomic E-state index is 6.01. The van der Waals surface area contributed by atoms with Crippen LogP contribution in [0, 0.1) is 0 Å². The van der Waals surface area contributed by atoms with Crippen LogP contribution in [0.25, 0.3) is 10.8 Å². The third-order valence-corrected chi connectivity index (χ3v) is 5.42. The second-order valence-corrected chi connectivity index (χ2v) is 7.34. The summed E-state index contributed by atoms with van der Waals surface area (Å²) in [6.07, 6.45) is 6.09. The van der Waals surface area contributed by atoms with E-state index in [-0.39, 0.29) is 5.60 Å². The molecule has 2 fully saturated rings. The van der Waals surface area contributed by atoms with Crippen molar-refractivity contribution in [1.29, 1.82) is 0 Å². The molecule has 2 aromatic carbocycles. The van der Waals surface area contributed by atoms with Crippen molar-refractivity contribution < 1.29 is 4.74 Å². The minimum atomic E-state index is 0.206. The lowest BCUT2D eigenvalue weighted by Gasteiger charge is -2.47. The van der Waals surface area contributed by atoms with Crippen molar-refractivity contribution in [2.45, 2.75) is 43.7 Å². The topological polar surface area (TPSA) is 21.3 Å². The van der Waals surface area contributed by atoms with Crippen LogP contribution in [0.2, 0.25) is 0 Å². The molecular weight excluding hydrogens is 326 g/mol. The predicted molar refractivity (Wildman–Crippen MR) is 90.8 cm³/mol. The van der Waals surface area contributed by atoms with Crippen molar-refractivity contribution in [1.82, 2.24) is 0 Å². The van der Waals surface area contributed by atoms with Crippen LogP contribution < -0.4 is 5.32 Å². The van der Waals surface area contributed by atoms with E-state index < -0.39 is 0 Å². The molecule has 1 unspecified atom stereocenters. The number of anilines is 1. The monoisotopic (exact) mass is 345 g/mol. The van der Waals surface area contributed by atoms with Crippen LogP contribution >= 0.6 is 15.9 Å². The van der Waals surface area contributed by atoms with Crippen molar-refractivity contribution >= 4 is 32.4 Å². The lowest BCUT2D eigenvalue weighted by Crippen LogP contribution is -2.48. The molecule has 21 heavy (non-hydrogen) atoms. The summed E-state index contributed by atoms with van der Waals surface area (Å²) in [5.74, 6) is 0. The van der Waals surface area contributed by atoms with Gasteiger partial charge in [0.15, 0.2) is 0 Å². The van der Waals surface area contributed by atoms with Gasteiger partial charge in [-0.3, -0.25) is 0 Å². The van der Waals surface area contributed by atoms with Gasteiger partial charge in [0.1, 0.15) is 0 Å². The standard InChI is InChI=1S/C18H20BrNO/c19-15-4-2-14-11-16(5-3-13(14)10-15)20-17-6-9-21-18(12-17)7-1-8-18/h2-5,10-11,17,20H,1,6-9,12H2. The first-order valence-electron chi connectivity index (χ1n) is 7.82. The summed E-state index contributed by atoms with van der Waals surface area (Å²) in [7, 11) is 0. The lowest BCUT2D eigenvalue weighted by atomic mass is 9.74. The quantitative estimate of drug-likeness (QED) is 0.815. The van der Waals surface area contributed by atoms with Crippen molar-refractivity contribution in [2.24, 2.45) is 0 Å². The molecule has 0 amide bonds. The normalized spacial score (nSPS) is 24.0. The predicted octanol–water partition coefficient (Wildman–Crippen LogP) is 5.12. The van der Waals surface area contributed by atoms with E-state index in [9.17, 15) is 0 Å². The van der Waals surface area contributed by atoms with Crippen molar-refractivity contribution in [3.8, 4) is 0 Å². The zero-order valence-corrected chi connectivity index (χ0v) is 13.7. The maximum absolute atomic E-state index is 6.01. The maximum Gasteiger partial charge on any atom is 0.0702 e. The van der Waals surface area contributed by atoms with Gasteiger partial charge in [-0.15, -0.1) is 0 Å². The first-order valence-corrected chi connectivity index (χ1v) is 8.62. The fraction of sp³-hybridized carbons (Fsp3) is 0.444. The first kappa shape index (κ1) is 13.6. The molecule has 1 spiro atoms. The van der Waals surface area contributed by atoms with Crippen LogP contribution in [0.1, 0.15) is 32.1 Å². The second-order valence-electron chi connectivity index (χ2n) is 6.43. The molecule has 110 valence electrons. The van der Waals surface area contributed by atoms with Crippen LogP contribution in [0.15, 0.2) is 40.9 Å². The van der Waals surface area contributed by atoms with Gasteiger partial charge >= 0.3 is 0 Å². The van der Waals surface area contributed by atoms with Gasteiger partial charge in [-0.1, -0.05) is 28.1 Å². The van der Waals surface area contributed by atoms with Crippen LogP contribution in [-0.4, -0.2) is 18.2 Å². The SMILES string of the molecule is Brc1ccc2cc(NC3CCOC4(CCC4)C3)ccc2c1. The highest BCUT2D eigenvalue weighted by Gasteiger charge is 2.42. The minimum Gasteiger partial charge on any atom is -0.382 e. The van der Waals surface area contributed by atoms with E-state index in [1.807, 2.05) is 0 Å². The molecule has 0 radical (unpaired) electrons. The average Bonchev–Trinajstić information content (AvgIpc) is 2.46. The van der Waals surface area contributed by atoms with E-state index in [0.29, 0.717) is 6.04 Å². The van der Waals surface area contributed by atoms with Crippen LogP contribution in [0.3, 0.4) is 0 Å². The molecule has 3 heteroatoms. The van der Waals surface area contributed by atoms with Gasteiger partial charge in [0.25, 0.3) is 0 Å². The van der Waals surface area contributed by atoms with Gasteiger partial charge in [0, 0.05) is 22.8 Å². The van der Waals surface area contributed by atoms with Gasteiger partial charge in [-0.2, -0.15) is 0 Å². The molecule has 1 N–H and O–H groups in total. The number of rotatable bonds is 2. The molecule has 2 aromatic rings. The second kappa shape index (κ2) is 5.29. The van der Waals surface area contributed by atoms with Crippen LogP contribution in [0.5, 0.6) is 0 Å². The molecule has 4 rings (SSSR count). The van der Waals surface area contributed by atoms with E-state index >= 15 is 0 Å². The molecule has 1 saturated carbocycles. The highest BCUT2D eigenvalue weighted by molar-refractivity contribution is 9.10. The zero-order valence-electron chi connectivity index (χ0n) is 12.1. The number of ether oxygens (including phenoxy) is 1. The Balaban J connectivity index is 1.52. The number of benzene rings is 2. The Labute approximate surface area is 134 Å². The molecule has 0 aromatic heterocycles. The number of hydrogen-bond donors (Lipinski definition) is 1. The highest BCUT2D eigenvalue weighted by atomic mass is 79.9. The number of hydrogen-bond acceptors (Lipinski definition) is 2. The molecular formula is C18H20BrNO. The Morgan fingerprint density at radius 3 is 2.71 bits per heavy atom. The Hall–Kier alpha value is -1.06. The van der Waals surface area contributed by atoms with Crippen LogP contribution in [-0.2, 0) is 4.74 Å². The third kappa shape index (κ3) is 2.69. The molecule has 0 bridgehead atoms. The number of halogens is 1. The molecule has 2 aliphatic rings. The Morgan fingerprint density at radius 2 is 1.90 bits per heavy atom. The van der Waals surface area contributed by atoms with Gasteiger partial charge in [0.2, 0.25) is 0 Å². The zero-order chi connectivity index (χ0) is 14.3. The summed E-state index contributed by atoms with van der Waals surface area (Å²) in [5, 5.41) is 6.28. The van der Waals surface area contributed by atoms with Crippen LogP contribution in [0.4, 0.5) is 5.69 Å². The Kier molecular flexibility index (Phi) is 3.43. The van der Waals surface area contributed by atoms with Crippen molar-refractivity contribution in [3.05, 3.63) is 40.9 Å². The fourth-order valence-corrected chi connectivity index (χ4v) is 3.99. The van der Waals surface area contributed by atoms with Crippen molar-refractivity contribution in [3.63, 3.8) is 0 Å². The molecule has 2 nitrogen and oxygen atoms in total. The molecule has 1 saturated heterocycles. The largest absolute Gasteiger partial charge is 0.382 e. The highest BCUT2D eigenvalue weighted by Crippen LogP contribution is 2.42. The van der Waals surface area contributed by atoms with Gasteiger partial charge in [-0.05, 0) is 67.1 Å². The van der Waals surface area contributed by atoms with E-state index in [4.69, 9.17) is 4.74 Å². The van der Waals surface area contributed by atoms with Crippen molar-refractivity contribution in [2.75, 3.05) is 11.9 Å². The van der Waals surface area contributed by atoms with E-state index in [0.717, 1.165) is 23.9 Å². The molecule has 1 aliphatic heterocycles. The van der Waals surface area contributed by atoms with E-state index in [2.05, 4.69) is 57.6 Å². The first-order chi connectivity index (χ1) is 10.2. The van der Waals surface area contributed by atoms with E-state index in [1.54, 1.807) is 0 Å². The average molecular weight is 346 g/mol. The number of nitrogens with one attached hydrogen (secondary N) is 1. The summed E-state index contributed by atoms with van der Waals surface area (Å²) >= 11 is 3.53.